The molecule has 3 aromatic rings. The molecule has 3 rings (SSSR count). The number of alkyl halides is 1. The molecule has 0 unspecified atom stereocenters. The highest BCUT2D eigenvalue weighted by molar-refractivity contribution is 7.19. The van der Waals surface area contributed by atoms with Crippen LogP contribution in [0.4, 0.5) is 4.39 Å². The minimum absolute atomic E-state index is 0.0452. The summed E-state index contributed by atoms with van der Waals surface area (Å²) in [5, 5.41) is 0.573. The number of nitrogens with zero attached hydrogens (tertiary/aromatic N) is 2. The maximum atomic E-state index is 13.1. The molecule has 1 aromatic carbocycles. The number of aryl methyl sites for hydroxylation is 2. The SMILES string of the molecule is CCCc1nc2sc(C)c(-c3cccc(OC)c3)c2c(=O)n1CCF. The molecule has 0 aliphatic heterocycles. The fourth-order valence-electron chi connectivity index (χ4n) is 3.09. The zero-order valence-corrected chi connectivity index (χ0v) is 15.5. The molecule has 0 amide bonds. The minimum atomic E-state index is -0.582. The number of benzene rings is 1. The molecule has 0 aliphatic rings. The van der Waals surface area contributed by atoms with Gasteiger partial charge in [-0.3, -0.25) is 9.36 Å². The van der Waals surface area contributed by atoms with Crippen LogP contribution in [0, 0.1) is 6.92 Å². The van der Waals surface area contributed by atoms with Crippen LogP contribution in [0.15, 0.2) is 29.1 Å². The second kappa shape index (κ2) is 7.35. The molecular formula is C19H21FN2O2S. The lowest BCUT2D eigenvalue weighted by molar-refractivity contribution is 0.415. The highest BCUT2D eigenvalue weighted by Gasteiger charge is 2.19. The summed E-state index contributed by atoms with van der Waals surface area (Å²) in [6, 6.07) is 7.63. The largest absolute Gasteiger partial charge is 0.497 e. The summed E-state index contributed by atoms with van der Waals surface area (Å²) in [6.07, 6.45) is 1.52. The number of aromatic nitrogens is 2. The molecule has 132 valence electrons. The summed E-state index contributed by atoms with van der Waals surface area (Å²) in [5.74, 6) is 1.40. The third kappa shape index (κ3) is 3.18. The summed E-state index contributed by atoms with van der Waals surface area (Å²) in [6.45, 7) is 3.47. The molecule has 4 nitrogen and oxygen atoms in total. The van der Waals surface area contributed by atoms with E-state index in [9.17, 15) is 9.18 Å². The first-order valence-corrected chi connectivity index (χ1v) is 9.15. The number of methoxy groups -OCH3 is 1. The number of ether oxygens (including phenoxy) is 1. The zero-order chi connectivity index (χ0) is 18.0. The van der Waals surface area contributed by atoms with E-state index in [1.165, 1.54) is 15.9 Å². The average molecular weight is 360 g/mol. The van der Waals surface area contributed by atoms with Crippen molar-refractivity contribution in [2.75, 3.05) is 13.8 Å². The number of rotatable bonds is 6. The van der Waals surface area contributed by atoms with Gasteiger partial charge in [-0.05, 0) is 31.0 Å². The van der Waals surface area contributed by atoms with Crippen molar-refractivity contribution in [1.29, 1.82) is 0 Å². The Balaban J connectivity index is 2.31. The van der Waals surface area contributed by atoms with Crippen molar-refractivity contribution in [3.63, 3.8) is 0 Å². The Bertz CT molecular complexity index is 962. The predicted octanol–water partition coefficient (Wildman–Crippen LogP) is 4.36. The van der Waals surface area contributed by atoms with Crippen LogP contribution in [0.3, 0.4) is 0 Å². The fourth-order valence-corrected chi connectivity index (χ4v) is 4.15. The maximum absolute atomic E-state index is 13.1. The smallest absolute Gasteiger partial charge is 0.263 e. The zero-order valence-electron chi connectivity index (χ0n) is 14.6. The molecular weight excluding hydrogens is 339 g/mol. The van der Waals surface area contributed by atoms with E-state index in [1.54, 1.807) is 7.11 Å². The van der Waals surface area contributed by atoms with Gasteiger partial charge in [-0.15, -0.1) is 11.3 Å². The Morgan fingerprint density at radius 2 is 2.16 bits per heavy atom. The monoisotopic (exact) mass is 360 g/mol. The fraction of sp³-hybridized carbons (Fsp3) is 0.368. The molecule has 0 fully saturated rings. The predicted molar refractivity (Wildman–Crippen MR) is 101 cm³/mol. The van der Waals surface area contributed by atoms with Gasteiger partial charge in [-0.1, -0.05) is 19.1 Å². The van der Waals surface area contributed by atoms with E-state index >= 15 is 0 Å². The van der Waals surface area contributed by atoms with E-state index in [-0.39, 0.29) is 12.1 Å². The Hall–Kier alpha value is -2.21. The van der Waals surface area contributed by atoms with Crippen LogP contribution in [0.2, 0.25) is 0 Å². The van der Waals surface area contributed by atoms with Crippen molar-refractivity contribution in [3.8, 4) is 16.9 Å². The van der Waals surface area contributed by atoms with Gasteiger partial charge in [0, 0.05) is 16.9 Å². The van der Waals surface area contributed by atoms with E-state index in [1.807, 2.05) is 38.1 Å². The standard InChI is InChI=1S/C19H21FN2O2S/c1-4-6-15-21-18-17(19(23)22(15)10-9-20)16(12(2)25-18)13-7-5-8-14(11-13)24-3/h5,7-8,11H,4,6,9-10H2,1-3H3. The molecule has 0 spiro atoms. The molecule has 0 N–H and O–H groups in total. The van der Waals surface area contributed by atoms with Gasteiger partial charge in [0.25, 0.3) is 5.56 Å². The molecule has 0 bridgehead atoms. The molecule has 0 saturated heterocycles. The van der Waals surface area contributed by atoms with Gasteiger partial charge in [0.2, 0.25) is 0 Å². The van der Waals surface area contributed by atoms with Crippen LogP contribution in [0.25, 0.3) is 21.3 Å². The molecule has 2 heterocycles. The van der Waals surface area contributed by atoms with Crippen LogP contribution < -0.4 is 10.3 Å². The van der Waals surface area contributed by atoms with E-state index in [4.69, 9.17) is 4.74 Å². The summed E-state index contributed by atoms with van der Waals surface area (Å²) < 4.78 is 19.8. The lowest BCUT2D eigenvalue weighted by Crippen LogP contribution is -2.26. The summed E-state index contributed by atoms with van der Waals surface area (Å²) in [5.41, 5.74) is 1.62. The van der Waals surface area contributed by atoms with Gasteiger partial charge in [0.15, 0.2) is 0 Å². The lowest BCUT2D eigenvalue weighted by atomic mass is 10.0. The summed E-state index contributed by atoms with van der Waals surface area (Å²) in [4.78, 5) is 19.5. The average Bonchev–Trinajstić information content (AvgIpc) is 2.94. The third-order valence-electron chi connectivity index (χ3n) is 4.21. The Labute approximate surface area is 149 Å². The number of fused-ring (bicyclic) bond motifs is 1. The van der Waals surface area contributed by atoms with Gasteiger partial charge < -0.3 is 4.74 Å². The van der Waals surface area contributed by atoms with Crippen LogP contribution in [0.5, 0.6) is 5.75 Å². The van der Waals surface area contributed by atoms with Gasteiger partial charge in [0.05, 0.1) is 19.0 Å². The molecule has 0 atom stereocenters. The van der Waals surface area contributed by atoms with Crippen LogP contribution in [0.1, 0.15) is 24.0 Å². The van der Waals surface area contributed by atoms with Crippen molar-refractivity contribution < 1.29 is 9.13 Å². The lowest BCUT2D eigenvalue weighted by Gasteiger charge is -2.11. The highest BCUT2D eigenvalue weighted by Crippen LogP contribution is 2.37. The topological polar surface area (TPSA) is 44.1 Å². The van der Waals surface area contributed by atoms with Crippen LogP contribution in [-0.4, -0.2) is 23.3 Å². The summed E-state index contributed by atoms with van der Waals surface area (Å²) in [7, 11) is 1.62. The van der Waals surface area contributed by atoms with Crippen molar-refractivity contribution in [3.05, 3.63) is 45.3 Å². The van der Waals surface area contributed by atoms with Crippen molar-refractivity contribution in [2.45, 2.75) is 33.2 Å². The van der Waals surface area contributed by atoms with E-state index in [2.05, 4.69) is 4.98 Å². The van der Waals surface area contributed by atoms with Gasteiger partial charge in [-0.25, -0.2) is 9.37 Å². The second-order valence-electron chi connectivity index (χ2n) is 5.87. The first-order chi connectivity index (χ1) is 12.1. The second-order valence-corrected chi connectivity index (χ2v) is 7.07. The quantitative estimate of drug-likeness (QED) is 0.656. The number of thiophene rings is 1. The van der Waals surface area contributed by atoms with Gasteiger partial charge in [0.1, 0.15) is 23.1 Å². The van der Waals surface area contributed by atoms with E-state index in [0.717, 1.165) is 33.0 Å². The first kappa shape index (κ1) is 17.6. The van der Waals surface area contributed by atoms with E-state index < -0.39 is 6.67 Å². The number of halogens is 1. The first-order valence-electron chi connectivity index (χ1n) is 8.33. The van der Waals surface area contributed by atoms with Crippen molar-refractivity contribution in [2.24, 2.45) is 0 Å². The summed E-state index contributed by atoms with van der Waals surface area (Å²) >= 11 is 1.51. The highest BCUT2D eigenvalue weighted by atomic mass is 32.1. The number of hydrogen-bond donors (Lipinski definition) is 0. The van der Waals surface area contributed by atoms with Gasteiger partial charge in [-0.2, -0.15) is 0 Å². The van der Waals surface area contributed by atoms with Crippen LogP contribution in [-0.2, 0) is 13.0 Å². The molecule has 0 aliphatic carbocycles. The molecule has 6 heteroatoms. The Morgan fingerprint density at radius 3 is 2.84 bits per heavy atom. The Morgan fingerprint density at radius 1 is 1.36 bits per heavy atom. The molecule has 0 saturated carbocycles. The number of hydrogen-bond acceptors (Lipinski definition) is 4. The van der Waals surface area contributed by atoms with Crippen LogP contribution >= 0.6 is 11.3 Å². The molecule has 25 heavy (non-hydrogen) atoms. The van der Waals surface area contributed by atoms with Crippen molar-refractivity contribution in [1.82, 2.24) is 9.55 Å². The van der Waals surface area contributed by atoms with E-state index in [0.29, 0.717) is 17.6 Å². The minimum Gasteiger partial charge on any atom is -0.497 e. The normalized spacial score (nSPS) is 11.2. The maximum Gasteiger partial charge on any atom is 0.263 e. The Kier molecular flexibility index (Phi) is 5.18. The third-order valence-corrected chi connectivity index (χ3v) is 5.21. The van der Waals surface area contributed by atoms with Gasteiger partial charge >= 0.3 is 0 Å². The van der Waals surface area contributed by atoms with Crippen molar-refractivity contribution >= 4 is 21.6 Å². The molecule has 0 radical (unpaired) electrons. The molecule has 2 aromatic heterocycles.